The van der Waals surface area contributed by atoms with Gasteiger partial charge in [0.05, 0.1) is 33.9 Å². The van der Waals surface area contributed by atoms with Crippen molar-refractivity contribution in [2.45, 2.75) is 116 Å². The molecule has 306 valence electrons. The first-order chi connectivity index (χ1) is 26.2. The van der Waals surface area contributed by atoms with E-state index in [-0.39, 0.29) is 52.5 Å². The van der Waals surface area contributed by atoms with Crippen LogP contribution >= 0.6 is 23.2 Å². The Morgan fingerprint density at radius 2 is 1.73 bits per heavy atom. The molecule has 0 bridgehead atoms. The minimum atomic E-state index is -1.81. The minimum absolute atomic E-state index is 0.0499. The molecule has 1 fully saturated rings. The Kier molecular flexibility index (Phi) is 15.0. The van der Waals surface area contributed by atoms with Crippen LogP contribution in [0, 0.1) is 17.8 Å². The number of nitrogens with zero attached hydrogens (tertiary/aromatic N) is 1. The Morgan fingerprint density at radius 1 is 1.11 bits per heavy atom. The van der Waals surface area contributed by atoms with E-state index < -0.39 is 59.1 Å². The number of nitrogens with one attached hydrogen (secondary N) is 1. The Labute approximate surface area is 340 Å². The SMILES string of the molecule is CCC(C)C1C(=O)CC(Cc2cc(Cl)c(O)c(Cl)c2)C(=O)NC(C(C)(C)O)C(=O)OC(c2ccccc2)C(C)/C=C/C=C(\C)C(OC)CC2OC2(C)C(=O)N1C. The van der Waals surface area contributed by atoms with Crippen molar-refractivity contribution in [1.29, 1.82) is 0 Å². The van der Waals surface area contributed by atoms with Gasteiger partial charge in [0.1, 0.15) is 6.10 Å². The molecule has 0 saturated carbocycles. The van der Waals surface area contributed by atoms with Gasteiger partial charge in [0, 0.05) is 38.8 Å². The van der Waals surface area contributed by atoms with Crippen LogP contribution in [0.3, 0.4) is 0 Å². The third kappa shape index (κ3) is 10.6. The van der Waals surface area contributed by atoms with Crippen molar-refractivity contribution in [1.82, 2.24) is 10.2 Å². The maximum absolute atomic E-state index is 14.5. The number of halogens is 2. The number of benzene rings is 2. The molecule has 56 heavy (non-hydrogen) atoms. The van der Waals surface area contributed by atoms with Gasteiger partial charge >= 0.3 is 5.97 Å². The molecule has 2 aliphatic rings. The summed E-state index contributed by atoms with van der Waals surface area (Å²) in [4.78, 5) is 58.6. The Balaban J connectivity index is 1.83. The van der Waals surface area contributed by atoms with Crippen molar-refractivity contribution in [2.24, 2.45) is 17.8 Å². The van der Waals surface area contributed by atoms with Gasteiger partial charge < -0.3 is 34.6 Å². The van der Waals surface area contributed by atoms with Crippen molar-refractivity contribution < 1.29 is 43.6 Å². The lowest BCUT2D eigenvalue weighted by atomic mass is 9.85. The number of phenols is 1. The van der Waals surface area contributed by atoms with E-state index in [0.717, 1.165) is 5.57 Å². The van der Waals surface area contributed by atoms with Crippen LogP contribution in [0.2, 0.25) is 10.0 Å². The number of likely N-dealkylation sites (N-methyl/N-ethyl adjacent to an activating group) is 1. The molecule has 0 spiro atoms. The summed E-state index contributed by atoms with van der Waals surface area (Å²) in [5, 5.41) is 24.1. The molecular formula is C43H56Cl2N2O9. The zero-order valence-corrected chi connectivity index (χ0v) is 35.2. The third-order valence-electron chi connectivity index (χ3n) is 11.1. The molecule has 2 aromatic rings. The van der Waals surface area contributed by atoms with E-state index in [1.165, 1.54) is 30.9 Å². The van der Waals surface area contributed by atoms with Crippen LogP contribution in [-0.2, 0) is 39.8 Å². The highest BCUT2D eigenvalue weighted by Crippen LogP contribution is 2.43. The van der Waals surface area contributed by atoms with Crippen molar-refractivity contribution in [3.63, 3.8) is 0 Å². The number of epoxide rings is 1. The number of ether oxygens (including phenoxy) is 3. The predicted molar refractivity (Wildman–Crippen MR) is 215 cm³/mol. The molecule has 9 atom stereocenters. The number of ketones is 1. The van der Waals surface area contributed by atoms with E-state index >= 15 is 0 Å². The summed E-state index contributed by atoms with van der Waals surface area (Å²) in [6.45, 7) is 12.1. The molecule has 11 nitrogen and oxygen atoms in total. The number of fused-ring (bicyclic) bond motifs is 1. The Hall–Kier alpha value is -3.74. The number of Topliss-reactive ketones (excluding diaryl/α,β-unsaturated/α-hetero) is 1. The monoisotopic (exact) mass is 814 g/mol. The van der Waals surface area contributed by atoms with Crippen molar-refractivity contribution >= 4 is 46.8 Å². The highest BCUT2D eigenvalue weighted by atomic mass is 35.5. The molecule has 2 heterocycles. The fourth-order valence-corrected chi connectivity index (χ4v) is 7.86. The van der Waals surface area contributed by atoms with Crippen LogP contribution in [0.15, 0.2) is 66.3 Å². The number of aliphatic hydroxyl groups is 1. The molecule has 2 amide bonds. The fraction of sp³-hybridized carbons (Fsp3) is 0.535. The zero-order chi connectivity index (χ0) is 41.7. The number of allylic oxidation sites excluding steroid dienone is 2. The van der Waals surface area contributed by atoms with Crippen LogP contribution in [0.1, 0.15) is 85.0 Å². The maximum atomic E-state index is 14.5. The summed E-state index contributed by atoms with van der Waals surface area (Å²) in [6, 6.07) is 9.56. The normalized spacial score (nSPS) is 30.9. The largest absolute Gasteiger partial charge is 0.505 e. The summed E-state index contributed by atoms with van der Waals surface area (Å²) in [5.74, 6) is -4.50. The number of carbonyl (C=O) groups is 4. The second kappa shape index (κ2) is 18.7. The van der Waals surface area contributed by atoms with Crippen molar-refractivity contribution in [3.8, 4) is 5.75 Å². The average Bonchev–Trinajstić information content (AvgIpc) is 3.81. The molecule has 0 aliphatic carbocycles. The summed E-state index contributed by atoms with van der Waals surface area (Å²) in [5.41, 5.74) is -0.983. The van der Waals surface area contributed by atoms with Crippen LogP contribution < -0.4 is 5.32 Å². The van der Waals surface area contributed by atoms with E-state index in [1.807, 2.05) is 76.3 Å². The standard InChI is InChI=1S/C43H56Cl2N2O9/c1-10-24(2)35-32(48)22-29(19-27-20-30(44)36(49)31(45)21-27)39(50)46-38(42(5,6)53)40(51)55-37(28-17-12-11-13-18-28)26(4)16-14-15-25(3)33(54-9)23-34-43(7,56-34)41(52)47(35)8/h11-18,20-21,24,26,29,33-35,37-38,49,53H,10,19,22-23H2,1-9H3,(H,46,50)/b16-14+,25-15+. The molecule has 13 heteroatoms. The number of esters is 1. The number of hydrogen-bond donors (Lipinski definition) is 3. The molecule has 0 aromatic heterocycles. The van der Waals surface area contributed by atoms with E-state index in [0.29, 0.717) is 24.0 Å². The number of hydrogen-bond acceptors (Lipinski definition) is 9. The van der Waals surface area contributed by atoms with Gasteiger partial charge in [-0.3, -0.25) is 14.4 Å². The minimum Gasteiger partial charge on any atom is -0.505 e. The van der Waals surface area contributed by atoms with Crippen LogP contribution in [0.5, 0.6) is 5.75 Å². The molecule has 4 rings (SSSR count). The van der Waals surface area contributed by atoms with Gasteiger partial charge in [-0.2, -0.15) is 0 Å². The van der Waals surface area contributed by atoms with Gasteiger partial charge in [0.15, 0.2) is 23.2 Å². The number of carbonyl (C=O) groups excluding carboxylic acids is 4. The quantitative estimate of drug-likeness (QED) is 0.199. The second-order valence-corrected chi connectivity index (χ2v) is 16.7. The van der Waals surface area contributed by atoms with Gasteiger partial charge in [0.2, 0.25) is 5.91 Å². The molecule has 3 N–H and O–H groups in total. The van der Waals surface area contributed by atoms with Crippen molar-refractivity contribution in [3.05, 3.63) is 87.4 Å². The van der Waals surface area contributed by atoms with Gasteiger partial charge in [-0.1, -0.05) is 99.0 Å². The maximum Gasteiger partial charge on any atom is 0.332 e. The van der Waals surface area contributed by atoms with Crippen LogP contribution in [0.4, 0.5) is 0 Å². The second-order valence-electron chi connectivity index (χ2n) is 15.9. The van der Waals surface area contributed by atoms with E-state index in [1.54, 1.807) is 21.1 Å². The lowest BCUT2D eigenvalue weighted by Gasteiger charge is -2.34. The van der Waals surface area contributed by atoms with E-state index in [9.17, 15) is 29.4 Å². The predicted octanol–water partition coefficient (Wildman–Crippen LogP) is 6.95. The number of amides is 2. The Morgan fingerprint density at radius 3 is 2.30 bits per heavy atom. The summed E-state index contributed by atoms with van der Waals surface area (Å²) >= 11 is 12.5. The first kappa shape index (κ1) is 45.0. The molecule has 1 saturated heterocycles. The lowest BCUT2D eigenvalue weighted by molar-refractivity contribution is -0.162. The van der Waals surface area contributed by atoms with E-state index in [4.69, 9.17) is 37.4 Å². The van der Waals surface area contributed by atoms with Crippen molar-refractivity contribution in [2.75, 3.05) is 14.2 Å². The molecule has 2 aliphatic heterocycles. The summed E-state index contributed by atoms with van der Waals surface area (Å²) in [7, 11) is 3.16. The molecule has 2 aromatic carbocycles. The van der Waals surface area contributed by atoms with Gasteiger partial charge in [-0.05, 0) is 68.9 Å². The summed E-state index contributed by atoms with van der Waals surface area (Å²) < 4.78 is 18.0. The first-order valence-electron chi connectivity index (χ1n) is 19.0. The first-order valence-corrected chi connectivity index (χ1v) is 19.8. The lowest BCUT2D eigenvalue weighted by Crippen LogP contribution is -2.57. The highest BCUT2D eigenvalue weighted by Gasteiger charge is 2.61. The van der Waals surface area contributed by atoms with Crippen LogP contribution in [-0.4, -0.2) is 88.3 Å². The smallest absolute Gasteiger partial charge is 0.332 e. The van der Waals surface area contributed by atoms with Gasteiger partial charge in [0.25, 0.3) is 5.91 Å². The number of methoxy groups -OCH3 is 1. The van der Waals surface area contributed by atoms with Gasteiger partial charge in [-0.15, -0.1) is 0 Å². The molecular weight excluding hydrogens is 759 g/mol. The number of phenolic OH excluding ortho intramolecular Hbond substituents is 1. The molecule has 0 radical (unpaired) electrons. The summed E-state index contributed by atoms with van der Waals surface area (Å²) in [6.07, 6.45) is 4.49. The topological polar surface area (TPSA) is 155 Å². The number of cyclic esters (lactones) is 1. The van der Waals surface area contributed by atoms with Crippen LogP contribution in [0.25, 0.3) is 0 Å². The average molecular weight is 816 g/mol. The highest BCUT2D eigenvalue weighted by molar-refractivity contribution is 6.37. The fourth-order valence-electron chi connectivity index (χ4n) is 7.33. The number of aromatic hydroxyl groups is 1. The number of rotatable bonds is 7. The Bertz CT molecular complexity index is 1790. The van der Waals surface area contributed by atoms with Gasteiger partial charge in [-0.25, -0.2) is 4.79 Å². The third-order valence-corrected chi connectivity index (χ3v) is 11.6. The molecule has 9 unspecified atom stereocenters. The van der Waals surface area contributed by atoms with E-state index in [2.05, 4.69) is 5.32 Å². The zero-order valence-electron chi connectivity index (χ0n) is 33.7.